The molecule has 0 saturated carbocycles. The smallest absolute Gasteiger partial charge is 0.260 e. The van der Waals surface area contributed by atoms with Crippen LogP contribution in [0.1, 0.15) is 0 Å². The molecule has 11 nitrogen and oxygen atoms in total. The quantitative estimate of drug-likeness (QED) is 0.509. The summed E-state index contributed by atoms with van der Waals surface area (Å²) < 4.78 is 49.2. The predicted octanol–water partition coefficient (Wildman–Crippen LogP) is 1.42. The molecular formula is C22H22N4O7S. The molecule has 0 radical (unpaired) electrons. The van der Waals surface area contributed by atoms with Gasteiger partial charge in [-0.2, -0.15) is 4.31 Å². The highest BCUT2D eigenvalue weighted by Crippen LogP contribution is 2.33. The largest absolute Gasteiger partial charge is 0.486 e. The van der Waals surface area contributed by atoms with Crippen molar-refractivity contribution in [2.45, 2.75) is 4.90 Å². The molecule has 1 saturated heterocycles. The highest BCUT2D eigenvalue weighted by atomic mass is 32.2. The Kier molecular flexibility index (Phi) is 6.07. The van der Waals surface area contributed by atoms with Crippen LogP contribution in [0.5, 0.6) is 17.2 Å². The van der Waals surface area contributed by atoms with Gasteiger partial charge >= 0.3 is 0 Å². The van der Waals surface area contributed by atoms with Crippen LogP contribution in [0.3, 0.4) is 0 Å². The number of carbonyl (C=O) groups excluding carboxylic acids is 1. The average molecular weight is 487 g/mol. The third kappa shape index (κ3) is 4.54. The van der Waals surface area contributed by atoms with Gasteiger partial charge in [-0.05, 0) is 36.4 Å². The number of benzene rings is 2. The first-order valence-electron chi connectivity index (χ1n) is 10.7. The number of carbonyl (C=O) groups is 1. The minimum atomic E-state index is -3.71. The van der Waals surface area contributed by atoms with E-state index in [4.69, 9.17) is 18.6 Å². The molecule has 0 N–H and O–H groups in total. The van der Waals surface area contributed by atoms with Crippen molar-refractivity contribution in [1.82, 2.24) is 19.4 Å². The van der Waals surface area contributed by atoms with Crippen LogP contribution in [0.15, 0.2) is 58.2 Å². The fraction of sp³-hybridized carbons (Fsp3) is 0.318. The number of piperazine rings is 1. The monoisotopic (exact) mass is 486 g/mol. The molecule has 0 unspecified atom stereocenters. The van der Waals surface area contributed by atoms with Crippen molar-refractivity contribution in [3.8, 4) is 28.7 Å². The summed E-state index contributed by atoms with van der Waals surface area (Å²) in [6.07, 6.45) is 1.25. The summed E-state index contributed by atoms with van der Waals surface area (Å²) in [5.74, 6) is 1.66. The van der Waals surface area contributed by atoms with E-state index in [1.807, 2.05) is 0 Å². The first-order chi connectivity index (χ1) is 16.5. The highest BCUT2D eigenvalue weighted by molar-refractivity contribution is 7.89. The van der Waals surface area contributed by atoms with Crippen LogP contribution in [-0.2, 0) is 14.8 Å². The third-order valence-electron chi connectivity index (χ3n) is 5.57. The van der Waals surface area contributed by atoms with Crippen LogP contribution in [-0.4, -0.2) is 79.7 Å². The van der Waals surface area contributed by atoms with Gasteiger partial charge in [0.15, 0.2) is 18.1 Å². The molecule has 1 amide bonds. The summed E-state index contributed by atoms with van der Waals surface area (Å²) in [6.45, 7) is 1.62. The molecule has 12 heteroatoms. The minimum Gasteiger partial charge on any atom is -0.486 e. The van der Waals surface area contributed by atoms with E-state index in [0.29, 0.717) is 36.4 Å². The number of aromatic nitrogens is 2. The first-order valence-corrected chi connectivity index (χ1v) is 12.1. The molecule has 0 aliphatic carbocycles. The lowest BCUT2D eigenvalue weighted by Crippen LogP contribution is -2.51. The van der Waals surface area contributed by atoms with Crippen LogP contribution in [0, 0.1) is 0 Å². The Balaban J connectivity index is 1.14. The average Bonchev–Trinajstić information content (AvgIpc) is 3.42. The second-order valence-corrected chi connectivity index (χ2v) is 9.59. The lowest BCUT2D eigenvalue weighted by molar-refractivity contribution is -0.134. The van der Waals surface area contributed by atoms with Gasteiger partial charge < -0.3 is 23.5 Å². The molecule has 5 rings (SSSR count). The SMILES string of the molecule is O=C(COc1ccc(-c2nnco2)cc1)N1CCN(S(=O)(=O)c2ccc3c(c2)OCCO3)CC1. The molecule has 178 valence electrons. The van der Waals surface area contributed by atoms with Gasteiger partial charge in [-0.3, -0.25) is 4.79 Å². The molecule has 2 aliphatic rings. The number of fused-ring (bicyclic) bond motifs is 1. The van der Waals surface area contributed by atoms with Gasteiger partial charge in [0.05, 0.1) is 4.90 Å². The number of sulfonamides is 1. The van der Waals surface area contributed by atoms with E-state index >= 15 is 0 Å². The second-order valence-electron chi connectivity index (χ2n) is 7.65. The molecule has 34 heavy (non-hydrogen) atoms. The van der Waals surface area contributed by atoms with Gasteiger partial charge in [-0.15, -0.1) is 10.2 Å². The van der Waals surface area contributed by atoms with E-state index < -0.39 is 10.0 Å². The standard InChI is InChI=1S/C22H22N4O7S/c27-21(14-32-17-3-1-16(2-4-17)22-24-23-15-33-22)25-7-9-26(10-8-25)34(28,29)18-5-6-19-20(13-18)31-12-11-30-19/h1-6,13,15H,7-12,14H2. The zero-order valence-corrected chi connectivity index (χ0v) is 18.9. The number of nitrogens with zero attached hydrogens (tertiary/aromatic N) is 4. The van der Waals surface area contributed by atoms with Crippen LogP contribution in [0.4, 0.5) is 0 Å². The Morgan fingerprint density at radius 1 is 0.971 bits per heavy atom. The lowest BCUT2D eigenvalue weighted by atomic mass is 10.2. The van der Waals surface area contributed by atoms with Gasteiger partial charge in [-0.25, -0.2) is 8.42 Å². The molecule has 0 bridgehead atoms. The van der Waals surface area contributed by atoms with Crippen LogP contribution < -0.4 is 14.2 Å². The molecule has 2 aromatic carbocycles. The zero-order valence-electron chi connectivity index (χ0n) is 18.1. The fourth-order valence-corrected chi connectivity index (χ4v) is 5.18. The van der Waals surface area contributed by atoms with Crippen molar-refractivity contribution < 1.29 is 31.8 Å². The second kappa shape index (κ2) is 9.31. The molecule has 3 heterocycles. The summed E-state index contributed by atoms with van der Waals surface area (Å²) >= 11 is 0. The zero-order chi connectivity index (χ0) is 23.5. The Morgan fingerprint density at radius 3 is 2.41 bits per heavy atom. The lowest BCUT2D eigenvalue weighted by Gasteiger charge is -2.34. The van der Waals surface area contributed by atoms with E-state index in [-0.39, 0.29) is 43.6 Å². The molecule has 1 aromatic heterocycles. The van der Waals surface area contributed by atoms with E-state index in [9.17, 15) is 13.2 Å². The van der Waals surface area contributed by atoms with Crippen molar-refractivity contribution in [1.29, 1.82) is 0 Å². The van der Waals surface area contributed by atoms with E-state index in [1.165, 1.54) is 22.8 Å². The maximum Gasteiger partial charge on any atom is 0.260 e. The van der Waals surface area contributed by atoms with Crippen molar-refractivity contribution in [2.24, 2.45) is 0 Å². The van der Waals surface area contributed by atoms with Crippen LogP contribution in [0.25, 0.3) is 11.5 Å². The summed E-state index contributed by atoms with van der Waals surface area (Å²) in [5, 5.41) is 7.47. The van der Waals surface area contributed by atoms with Gasteiger partial charge in [-0.1, -0.05) is 0 Å². The molecule has 3 aromatic rings. The molecule has 1 fully saturated rings. The first kappa shape index (κ1) is 22.2. The van der Waals surface area contributed by atoms with Gasteiger partial charge in [0, 0.05) is 37.8 Å². The fourth-order valence-electron chi connectivity index (χ4n) is 3.74. The van der Waals surface area contributed by atoms with Crippen LogP contribution >= 0.6 is 0 Å². The Hall–Kier alpha value is -3.64. The number of hydrogen-bond acceptors (Lipinski definition) is 9. The van der Waals surface area contributed by atoms with Gasteiger partial charge in [0.1, 0.15) is 19.0 Å². The molecule has 2 aliphatic heterocycles. The Labute approximate surface area is 195 Å². The van der Waals surface area contributed by atoms with E-state index in [2.05, 4.69) is 10.2 Å². The topological polar surface area (TPSA) is 124 Å². The third-order valence-corrected chi connectivity index (χ3v) is 7.46. The summed E-state index contributed by atoms with van der Waals surface area (Å²) in [7, 11) is -3.71. The van der Waals surface area contributed by atoms with Crippen molar-refractivity contribution >= 4 is 15.9 Å². The Bertz CT molecular complexity index is 1250. The maximum absolute atomic E-state index is 13.1. The predicted molar refractivity (Wildman–Crippen MR) is 118 cm³/mol. The normalized spacial score (nSPS) is 16.3. The van der Waals surface area contributed by atoms with E-state index in [1.54, 1.807) is 35.2 Å². The van der Waals surface area contributed by atoms with Crippen molar-refractivity contribution in [3.05, 3.63) is 48.9 Å². The summed E-state index contributed by atoms with van der Waals surface area (Å²) in [5.41, 5.74) is 0.742. The van der Waals surface area contributed by atoms with E-state index in [0.717, 1.165) is 5.56 Å². The molecule has 0 atom stereocenters. The number of ether oxygens (including phenoxy) is 3. The van der Waals surface area contributed by atoms with Crippen molar-refractivity contribution in [3.63, 3.8) is 0 Å². The highest BCUT2D eigenvalue weighted by Gasteiger charge is 2.31. The van der Waals surface area contributed by atoms with Gasteiger partial charge in [0.25, 0.3) is 5.91 Å². The minimum absolute atomic E-state index is 0.142. The summed E-state index contributed by atoms with van der Waals surface area (Å²) in [6, 6.07) is 11.5. The van der Waals surface area contributed by atoms with Crippen molar-refractivity contribution in [2.75, 3.05) is 46.0 Å². The van der Waals surface area contributed by atoms with Crippen LogP contribution in [0.2, 0.25) is 0 Å². The van der Waals surface area contributed by atoms with Gasteiger partial charge in [0.2, 0.25) is 22.3 Å². The number of hydrogen-bond donors (Lipinski definition) is 0. The summed E-state index contributed by atoms with van der Waals surface area (Å²) in [4.78, 5) is 14.3. The molecular weight excluding hydrogens is 464 g/mol. The Morgan fingerprint density at radius 2 is 1.71 bits per heavy atom. The number of amides is 1. The number of rotatable bonds is 6. The molecule has 0 spiro atoms. The maximum atomic E-state index is 13.1.